The van der Waals surface area contributed by atoms with Crippen LogP contribution >= 0.6 is 0 Å². The summed E-state index contributed by atoms with van der Waals surface area (Å²) in [5.74, 6) is -0.326. The second-order valence-corrected chi connectivity index (χ2v) is 7.00. The maximum Gasteiger partial charge on any atom is 0.257 e. The third-order valence-electron chi connectivity index (χ3n) is 5.14. The van der Waals surface area contributed by atoms with E-state index in [0.717, 1.165) is 29.7 Å². The first-order chi connectivity index (χ1) is 13.1. The SMILES string of the molecule is CC(=O)n1cc(C(=O)Nc2ccc(N3CCCCC3)cc2)c2ccccc21. The maximum absolute atomic E-state index is 12.8. The summed E-state index contributed by atoms with van der Waals surface area (Å²) >= 11 is 0. The highest BCUT2D eigenvalue weighted by molar-refractivity contribution is 6.14. The van der Waals surface area contributed by atoms with Gasteiger partial charge >= 0.3 is 0 Å². The molecule has 27 heavy (non-hydrogen) atoms. The van der Waals surface area contributed by atoms with E-state index in [1.54, 1.807) is 6.20 Å². The molecule has 0 spiro atoms. The van der Waals surface area contributed by atoms with Crippen LogP contribution in [0.15, 0.2) is 54.7 Å². The monoisotopic (exact) mass is 361 g/mol. The first-order valence-electron chi connectivity index (χ1n) is 9.41. The van der Waals surface area contributed by atoms with Crippen LogP contribution in [-0.2, 0) is 0 Å². The smallest absolute Gasteiger partial charge is 0.257 e. The number of nitrogens with zero attached hydrogens (tertiary/aromatic N) is 2. The molecule has 4 rings (SSSR count). The number of carbonyl (C=O) groups is 2. The zero-order valence-electron chi connectivity index (χ0n) is 15.4. The normalized spacial score (nSPS) is 14.3. The molecule has 0 saturated carbocycles. The number of nitrogens with one attached hydrogen (secondary N) is 1. The predicted molar refractivity (Wildman–Crippen MR) is 109 cm³/mol. The van der Waals surface area contributed by atoms with Gasteiger partial charge in [0.15, 0.2) is 0 Å². The molecule has 3 aromatic rings. The third-order valence-corrected chi connectivity index (χ3v) is 5.14. The summed E-state index contributed by atoms with van der Waals surface area (Å²) in [6.45, 7) is 3.68. The summed E-state index contributed by atoms with van der Waals surface area (Å²) in [4.78, 5) is 27.1. The number of hydrogen-bond donors (Lipinski definition) is 1. The number of amides is 1. The van der Waals surface area contributed by atoms with Gasteiger partial charge in [-0.15, -0.1) is 0 Å². The summed E-state index contributed by atoms with van der Waals surface area (Å²) < 4.78 is 1.52. The Kier molecular flexibility index (Phi) is 4.67. The lowest BCUT2D eigenvalue weighted by Crippen LogP contribution is -2.29. The quantitative estimate of drug-likeness (QED) is 0.745. The molecule has 0 bridgehead atoms. The molecule has 0 radical (unpaired) electrons. The van der Waals surface area contributed by atoms with Crippen LogP contribution < -0.4 is 10.2 Å². The molecule has 1 saturated heterocycles. The fraction of sp³-hybridized carbons (Fsp3) is 0.273. The van der Waals surface area contributed by atoms with Crippen LogP contribution in [0.2, 0.25) is 0 Å². The zero-order chi connectivity index (χ0) is 18.8. The molecule has 1 amide bonds. The van der Waals surface area contributed by atoms with E-state index >= 15 is 0 Å². The van der Waals surface area contributed by atoms with Crippen molar-refractivity contribution in [2.75, 3.05) is 23.3 Å². The van der Waals surface area contributed by atoms with Crippen LogP contribution in [0.1, 0.15) is 41.3 Å². The number of para-hydroxylation sites is 1. The van der Waals surface area contributed by atoms with Gasteiger partial charge in [0.25, 0.3) is 5.91 Å². The number of rotatable bonds is 3. The molecule has 1 N–H and O–H groups in total. The molecule has 138 valence electrons. The van der Waals surface area contributed by atoms with Crippen LogP contribution in [0.4, 0.5) is 11.4 Å². The summed E-state index contributed by atoms with van der Waals surface area (Å²) in [5.41, 5.74) is 3.19. The molecular weight excluding hydrogens is 338 g/mol. The number of aromatic nitrogens is 1. The molecule has 1 aliphatic heterocycles. The second kappa shape index (κ2) is 7.27. The fourth-order valence-electron chi connectivity index (χ4n) is 3.73. The van der Waals surface area contributed by atoms with E-state index in [-0.39, 0.29) is 11.8 Å². The molecule has 0 aliphatic carbocycles. The fourth-order valence-corrected chi connectivity index (χ4v) is 3.73. The lowest BCUT2D eigenvalue weighted by molar-refractivity contribution is 0.0941. The molecule has 1 aromatic heterocycles. The molecule has 5 nitrogen and oxygen atoms in total. The van der Waals surface area contributed by atoms with Gasteiger partial charge in [0.05, 0.1) is 11.1 Å². The van der Waals surface area contributed by atoms with Crippen molar-refractivity contribution in [3.63, 3.8) is 0 Å². The number of anilines is 2. The van der Waals surface area contributed by atoms with Crippen molar-refractivity contribution < 1.29 is 9.59 Å². The Morgan fingerprint density at radius 3 is 2.33 bits per heavy atom. The van der Waals surface area contributed by atoms with Crippen LogP contribution in [0.25, 0.3) is 10.9 Å². The lowest BCUT2D eigenvalue weighted by atomic mass is 10.1. The van der Waals surface area contributed by atoms with Crippen LogP contribution in [-0.4, -0.2) is 29.5 Å². The lowest BCUT2D eigenvalue weighted by Gasteiger charge is -2.28. The Labute approximate surface area is 158 Å². The van der Waals surface area contributed by atoms with Gasteiger partial charge in [0, 0.05) is 43.0 Å². The molecule has 2 aromatic carbocycles. The average molecular weight is 361 g/mol. The van der Waals surface area contributed by atoms with Crippen molar-refractivity contribution in [1.82, 2.24) is 4.57 Å². The van der Waals surface area contributed by atoms with Gasteiger partial charge in [-0.05, 0) is 49.6 Å². The second-order valence-electron chi connectivity index (χ2n) is 7.00. The van der Waals surface area contributed by atoms with Crippen molar-refractivity contribution in [2.24, 2.45) is 0 Å². The van der Waals surface area contributed by atoms with Crippen LogP contribution in [0.3, 0.4) is 0 Å². The summed E-state index contributed by atoms with van der Waals surface area (Å²) in [6.07, 6.45) is 5.39. The first-order valence-corrected chi connectivity index (χ1v) is 9.41. The van der Waals surface area contributed by atoms with Crippen molar-refractivity contribution in [1.29, 1.82) is 0 Å². The van der Waals surface area contributed by atoms with Crippen molar-refractivity contribution in [3.8, 4) is 0 Å². The Hall–Kier alpha value is -3.08. The number of carbonyl (C=O) groups excluding carboxylic acids is 2. The highest BCUT2D eigenvalue weighted by Crippen LogP contribution is 2.24. The number of benzene rings is 2. The van der Waals surface area contributed by atoms with Gasteiger partial charge in [0.1, 0.15) is 0 Å². The highest BCUT2D eigenvalue weighted by Gasteiger charge is 2.17. The van der Waals surface area contributed by atoms with E-state index in [1.807, 2.05) is 36.4 Å². The molecule has 0 atom stereocenters. The molecule has 0 unspecified atom stereocenters. The maximum atomic E-state index is 12.8. The molecule has 1 aliphatic rings. The van der Waals surface area contributed by atoms with E-state index in [2.05, 4.69) is 22.3 Å². The molecule has 2 heterocycles. The van der Waals surface area contributed by atoms with Gasteiger partial charge < -0.3 is 10.2 Å². The Balaban J connectivity index is 1.56. The summed E-state index contributed by atoms with van der Waals surface area (Å²) in [7, 11) is 0. The Morgan fingerprint density at radius 2 is 1.63 bits per heavy atom. The van der Waals surface area contributed by atoms with Gasteiger partial charge in [0.2, 0.25) is 5.91 Å². The standard InChI is InChI=1S/C22H23N3O2/c1-16(26)25-15-20(19-7-3-4-8-21(19)25)22(27)23-17-9-11-18(12-10-17)24-13-5-2-6-14-24/h3-4,7-12,15H,2,5-6,13-14H2,1H3,(H,23,27). The molecular formula is C22H23N3O2. The average Bonchev–Trinajstić information content (AvgIpc) is 3.09. The van der Waals surface area contributed by atoms with E-state index in [0.29, 0.717) is 5.56 Å². The van der Waals surface area contributed by atoms with Gasteiger partial charge in [-0.1, -0.05) is 18.2 Å². The zero-order valence-corrected chi connectivity index (χ0v) is 15.4. The minimum atomic E-state index is -0.211. The van der Waals surface area contributed by atoms with E-state index in [1.165, 1.54) is 36.4 Å². The first kappa shape index (κ1) is 17.3. The van der Waals surface area contributed by atoms with Crippen molar-refractivity contribution >= 4 is 34.1 Å². The van der Waals surface area contributed by atoms with Crippen LogP contribution in [0.5, 0.6) is 0 Å². The number of piperidine rings is 1. The van der Waals surface area contributed by atoms with Gasteiger partial charge in [-0.2, -0.15) is 0 Å². The third kappa shape index (κ3) is 3.45. The Morgan fingerprint density at radius 1 is 0.926 bits per heavy atom. The Bertz CT molecular complexity index is 982. The minimum absolute atomic E-state index is 0.115. The highest BCUT2D eigenvalue weighted by atomic mass is 16.2. The van der Waals surface area contributed by atoms with Crippen molar-refractivity contribution in [2.45, 2.75) is 26.2 Å². The van der Waals surface area contributed by atoms with Gasteiger partial charge in [-0.25, -0.2) is 0 Å². The van der Waals surface area contributed by atoms with Crippen molar-refractivity contribution in [3.05, 3.63) is 60.3 Å². The largest absolute Gasteiger partial charge is 0.372 e. The summed E-state index contributed by atoms with van der Waals surface area (Å²) in [5, 5.41) is 3.72. The molecule has 1 fully saturated rings. The van der Waals surface area contributed by atoms with E-state index in [9.17, 15) is 9.59 Å². The predicted octanol–water partition coefficient (Wildman–Crippen LogP) is 4.54. The summed E-state index contributed by atoms with van der Waals surface area (Å²) in [6, 6.07) is 15.4. The topological polar surface area (TPSA) is 54.3 Å². The minimum Gasteiger partial charge on any atom is -0.372 e. The van der Waals surface area contributed by atoms with E-state index in [4.69, 9.17) is 0 Å². The van der Waals surface area contributed by atoms with E-state index < -0.39 is 0 Å². The van der Waals surface area contributed by atoms with Gasteiger partial charge in [-0.3, -0.25) is 14.2 Å². The molecule has 5 heteroatoms. The van der Waals surface area contributed by atoms with Crippen LogP contribution in [0, 0.1) is 0 Å². The number of hydrogen-bond acceptors (Lipinski definition) is 3. The number of fused-ring (bicyclic) bond motifs is 1.